The van der Waals surface area contributed by atoms with E-state index in [9.17, 15) is 4.79 Å². The van der Waals surface area contributed by atoms with Gasteiger partial charge in [0, 0.05) is 6.54 Å². The lowest BCUT2D eigenvalue weighted by molar-refractivity contribution is -0.118. The highest BCUT2D eigenvalue weighted by Crippen LogP contribution is 2.10. The van der Waals surface area contributed by atoms with Gasteiger partial charge in [-0.2, -0.15) is 15.0 Å². The number of hydrogen-bond donors (Lipinski definition) is 3. The van der Waals surface area contributed by atoms with Crippen molar-refractivity contribution >= 4 is 29.4 Å². The Morgan fingerprint density at radius 1 is 1.41 bits per heavy atom. The summed E-state index contributed by atoms with van der Waals surface area (Å²) in [5, 5.41) is 5.77. The molecular formula is C9H15ClN6O. The number of nitrogens with one attached hydrogen (secondary N) is 2. The lowest BCUT2D eigenvalue weighted by atomic mass is 10.3. The molecule has 0 aliphatic carbocycles. The van der Waals surface area contributed by atoms with Crippen LogP contribution in [0.5, 0.6) is 0 Å². The number of halogens is 1. The summed E-state index contributed by atoms with van der Waals surface area (Å²) in [7, 11) is 0. The van der Waals surface area contributed by atoms with Crippen LogP contribution in [-0.2, 0) is 4.79 Å². The van der Waals surface area contributed by atoms with Gasteiger partial charge in [0.2, 0.25) is 23.1 Å². The molecule has 0 bridgehead atoms. The molecule has 1 unspecified atom stereocenters. The predicted molar refractivity (Wildman–Crippen MR) is 65.9 cm³/mol. The minimum Gasteiger partial charge on any atom is -0.368 e. The van der Waals surface area contributed by atoms with E-state index in [1.807, 2.05) is 6.92 Å². The van der Waals surface area contributed by atoms with E-state index in [1.165, 1.54) is 0 Å². The topological polar surface area (TPSA) is 106 Å². The Bertz CT molecular complexity index is 399. The van der Waals surface area contributed by atoms with Crippen LogP contribution >= 0.6 is 11.6 Å². The Labute approximate surface area is 104 Å². The van der Waals surface area contributed by atoms with Gasteiger partial charge in [-0.1, -0.05) is 6.92 Å². The van der Waals surface area contributed by atoms with Crippen molar-refractivity contribution in [3.05, 3.63) is 5.28 Å². The molecule has 0 radical (unpaired) electrons. The third-order valence-electron chi connectivity index (χ3n) is 1.91. The number of aromatic nitrogens is 3. The third-order valence-corrected chi connectivity index (χ3v) is 2.08. The molecular weight excluding hydrogens is 244 g/mol. The normalized spacial score (nSPS) is 11.9. The monoisotopic (exact) mass is 258 g/mol. The number of anilines is 2. The number of carbonyl (C=O) groups excluding carboxylic acids is 1. The molecule has 0 saturated heterocycles. The molecule has 7 nitrogen and oxygen atoms in total. The van der Waals surface area contributed by atoms with E-state index in [2.05, 4.69) is 25.6 Å². The number of carbonyl (C=O) groups is 1. The molecule has 0 spiro atoms. The second-order valence-electron chi connectivity index (χ2n) is 3.45. The predicted octanol–water partition coefficient (Wildman–Crippen LogP) is 0.633. The van der Waals surface area contributed by atoms with E-state index in [-0.39, 0.29) is 11.2 Å². The summed E-state index contributed by atoms with van der Waals surface area (Å²) in [6.45, 7) is 4.36. The molecule has 1 aromatic heterocycles. The van der Waals surface area contributed by atoms with Gasteiger partial charge in [-0.25, -0.2) is 0 Å². The van der Waals surface area contributed by atoms with E-state index < -0.39 is 11.9 Å². The zero-order valence-electron chi connectivity index (χ0n) is 9.70. The standard InChI is InChI=1S/C9H15ClN6O/c1-3-4-12-8-14-7(10)15-9(16-8)13-5(2)6(11)17/h5H,3-4H2,1-2H3,(H2,11,17)(H2,12,13,14,15,16). The first-order valence-corrected chi connectivity index (χ1v) is 5.62. The van der Waals surface area contributed by atoms with Gasteiger partial charge in [-0.3, -0.25) is 4.79 Å². The third kappa shape index (κ3) is 4.39. The summed E-state index contributed by atoms with van der Waals surface area (Å²) < 4.78 is 0. The van der Waals surface area contributed by atoms with Crippen molar-refractivity contribution in [1.82, 2.24) is 15.0 Å². The molecule has 4 N–H and O–H groups in total. The maximum Gasteiger partial charge on any atom is 0.239 e. The minimum absolute atomic E-state index is 0.0535. The molecule has 1 rings (SSSR count). The fourth-order valence-electron chi connectivity index (χ4n) is 0.995. The second-order valence-corrected chi connectivity index (χ2v) is 3.78. The lowest BCUT2D eigenvalue weighted by Crippen LogP contribution is -2.33. The first-order chi connectivity index (χ1) is 8.02. The first-order valence-electron chi connectivity index (χ1n) is 5.24. The second kappa shape index (κ2) is 6.19. The number of amides is 1. The van der Waals surface area contributed by atoms with Crippen LogP contribution in [-0.4, -0.2) is 33.4 Å². The van der Waals surface area contributed by atoms with Gasteiger partial charge >= 0.3 is 0 Å². The van der Waals surface area contributed by atoms with Crippen LogP contribution < -0.4 is 16.4 Å². The van der Waals surface area contributed by atoms with Gasteiger partial charge in [-0.15, -0.1) is 0 Å². The van der Waals surface area contributed by atoms with E-state index in [0.717, 1.165) is 13.0 Å². The van der Waals surface area contributed by atoms with Crippen molar-refractivity contribution in [3.63, 3.8) is 0 Å². The summed E-state index contributed by atoms with van der Waals surface area (Å²) in [4.78, 5) is 22.7. The molecule has 8 heteroatoms. The molecule has 1 amide bonds. The highest BCUT2D eigenvalue weighted by molar-refractivity contribution is 6.28. The van der Waals surface area contributed by atoms with Crippen LogP contribution in [0.15, 0.2) is 0 Å². The van der Waals surface area contributed by atoms with Crippen LogP contribution in [0.2, 0.25) is 5.28 Å². The van der Waals surface area contributed by atoms with Crippen molar-refractivity contribution in [2.75, 3.05) is 17.2 Å². The lowest BCUT2D eigenvalue weighted by Gasteiger charge is -2.11. The molecule has 0 saturated carbocycles. The molecule has 94 valence electrons. The number of nitrogens with two attached hydrogens (primary N) is 1. The van der Waals surface area contributed by atoms with Crippen molar-refractivity contribution in [2.24, 2.45) is 5.73 Å². The van der Waals surface area contributed by atoms with Crippen molar-refractivity contribution < 1.29 is 4.79 Å². The van der Waals surface area contributed by atoms with E-state index in [0.29, 0.717) is 5.95 Å². The van der Waals surface area contributed by atoms with Crippen LogP contribution in [0, 0.1) is 0 Å². The summed E-state index contributed by atoms with van der Waals surface area (Å²) in [5.41, 5.74) is 5.12. The molecule has 17 heavy (non-hydrogen) atoms. The average molecular weight is 259 g/mol. The maximum absolute atomic E-state index is 10.9. The van der Waals surface area contributed by atoms with Gasteiger partial charge < -0.3 is 16.4 Å². The van der Waals surface area contributed by atoms with Crippen molar-refractivity contribution in [1.29, 1.82) is 0 Å². The van der Waals surface area contributed by atoms with Gasteiger partial charge in [0.1, 0.15) is 6.04 Å². The van der Waals surface area contributed by atoms with E-state index in [1.54, 1.807) is 6.92 Å². The Morgan fingerprint density at radius 3 is 2.65 bits per heavy atom. The Balaban J connectivity index is 2.78. The number of rotatable bonds is 6. The first kappa shape index (κ1) is 13.4. The van der Waals surface area contributed by atoms with E-state index >= 15 is 0 Å². The van der Waals surface area contributed by atoms with Crippen LogP contribution in [0.4, 0.5) is 11.9 Å². The molecule has 1 aromatic rings. The van der Waals surface area contributed by atoms with Crippen LogP contribution in [0.1, 0.15) is 20.3 Å². The summed E-state index contributed by atoms with van der Waals surface area (Å²) in [6, 6.07) is -0.576. The van der Waals surface area contributed by atoms with E-state index in [4.69, 9.17) is 17.3 Å². The average Bonchev–Trinajstić information content (AvgIpc) is 2.25. The molecule has 0 fully saturated rings. The molecule has 1 heterocycles. The Hall–Kier alpha value is -1.63. The van der Waals surface area contributed by atoms with Crippen LogP contribution in [0.3, 0.4) is 0 Å². The zero-order valence-corrected chi connectivity index (χ0v) is 10.5. The highest BCUT2D eigenvalue weighted by Gasteiger charge is 2.11. The smallest absolute Gasteiger partial charge is 0.239 e. The summed E-state index contributed by atoms with van der Waals surface area (Å²) >= 11 is 5.73. The molecule has 0 aromatic carbocycles. The highest BCUT2D eigenvalue weighted by atomic mass is 35.5. The quantitative estimate of drug-likeness (QED) is 0.691. The molecule has 0 aliphatic rings. The van der Waals surface area contributed by atoms with Gasteiger partial charge in [0.25, 0.3) is 0 Å². The summed E-state index contributed by atoms with van der Waals surface area (Å²) in [6.07, 6.45) is 0.934. The largest absolute Gasteiger partial charge is 0.368 e. The Kier molecular flexibility index (Phi) is 4.89. The van der Waals surface area contributed by atoms with Crippen molar-refractivity contribution in [2.45, 2.75) is 26.3 Å². The van der Waals surface area contributed by atoms with Crippen molar-refractivity contribution in [3.8, 4) is 0 Å². The van der Waals surface area contributed by atoms with Crippen LogP contribution in [0.25, 0.3) is 0 Å². The number of nitrogens with zero attached hydrogens (tertiary/aromatic N) is 3. The fraction of sp³-hybridized carbons (Fsp3) is 0.556. The summed E-state index contributed by atoms with van der Waals surface area (Å²) in [5.74, 6) is 0.0884. The maximum atomic E-state index is 10.9. The molecule has 0 aliphatic heterocycles. The van der Waals surface area contributed by atoms with Gasteiger partial charge in [-0.05, 0) is 24.9 Å². The number of hydrogen-bond acceptors (Lipinski definition) is 6. The Morgan fingerprint density at radius 2 is 2.06 bits per heavy atom. The van der Waals surface area contributed by atoms with Gasteiger partial charge in [0.15, 0.2) is 0 Å². The fourth-order valence-corrected chi connectivity index (χ4v) is 1.16. The SMILES string of the molecule is CCCNc1nc(Cl)nc(NC(C)C(N)=O)n1. The molecule has 1 atom stereocenters. The number of primary amides is 1. The minimum atomic E-state index is -0.576. The zero-order chi connectivity index (χ0) is 12.8. The van der Waals surface area contributed by atoms with Gasteiger partial charge in [0.05, 0.1) is 0 Å².